The maximum atomic E-state index is 4.68. The van der Waals surface area contributed by atoms with E-state index in [1.54, 1.807) is 6.20 Å². The molecule has 0 unspecified atom stereocenters. The molecule has 0 bridgehead atoms. The van der Waals surface area contributed by atoms with Crippen molar-refractivity contribution in [3.8, 4) is 0 Å². The highest BCUT2D eigenvalue weighted by Crippen LogP contribution is 2.23. The van der Waals surface area contributed by atoms with E-state index in [2.05, 4.69) is 73.6 Å². The molecule has 150 valence electrons. The Bertz CT molecular complexity index is 891. The molecule has 0 amide bonds. The number of anilines is 4. The monoisotopic (exact) mass is 388 g/mol. The van der Waals surface area contributed by atoms with Crippen molar-refractivity contribution in [1.29, 1.82) is 0 Å². The van der Waals surface area contributed by atoms with Crippen LogP contribution in [0.4, 0.5) is 23.1 Å². The predicted octanol–water partition coefficient (Wildman–Crippen LogP) is 4.63. The number of hydrogen-bond acceptors (Lipinski definition) is 6. The maximum absolute atomic E-state index is 4.68. The Labute approximate surface area is 172 Å². The molecule has 2 aromatic carbocycles. The van der Waals surface area contributed by atoms with Crippen LogP contribution in [0, 0.1) is 0 Å². The molecule has 29 heavy (non-hydrogen) atoms. The summed E-state index contributed by atoms with van der Waals surface area (Å²) in [4.78, 5) is 9.26. The summed E-state index contributed by atoms with van der Waals surface area (Å²) < 4.78 is 0. The zero-order valence-electron chi connectivity index (χ0n) is 17.0. The number of rotatable bonds is 7. The fourth-order valence-electron chi connectivity index (χ4n) is 3.67. The molecule has 3 aromatic rings. The Morgan fingerprint density at radius 2 is 1.72 bits per heavy atom. The van der Waals surface area contributed by atoms with E-state index in [9.17, 15) is 0 Å². The van der Waals surface area contributed by atoms with Gasteiger partial charge in [0.05, 0.1) is 6.20 Å². The Morgan fingerprint density at radius 1 is 0.966 bits per heavy atom. The molecule has 0 atom stereocenters. The third-order valence-electron chi connectivity index (χ3n) is 5.29. The third-order valence-corrected chi connectivity index (χ3v) is 5.29. The number of nitrogens with zero attached hydrogens (tertiary/aromatic N) is 5. The second-order valence-electron chi connectivity index (χ2n) is 7.36. The van der Waals surface area contributed by atoms with Gasteiger partial charge in [-0.25, -0.2) is 0 Å². The fraction of sp³-hybridized carbons (Fsp3) is 0.348. The molecular formula is C23H28N6. The molecule has 0 aliphatic carbocycles. The topological polar surface area (TPSA) is 57.2 Å². The molecule has 1 aromatic heterocycles. The van der Waals surface area contributed by atoms with Crippen LogP contribution in [0.3, 0.4) is 0 Å². The SMILES string of the molecule is CCN(Cc1ccccc1)c1nncc(Nc2ccc(N3CCCCC3)cc2)n1. The Balaban J connectivity index is 1.44. The second kappa shape index (κ2) is 9.37. The lowest BCUT2D eigenvalue weighted by Gasteiger charge is -2.28. The van der Waals surface area contributed by atoms with Gasteiger partial charge in [0, 0.05) is 37.6 Å². The highest BCUT2D eigenvalue weighted by molar-refractivity contribution is 5.61. The van der Waals surface area contributed by atoms with Crippen LogP contribution < -0.4 is 15.1 Å². The lowest BCUT2D eigenvalue weighted by atomic mass is 10.1. The van der Waals surface area contributed by atoms with Gasteiger partial charge in [0.25, 0.3) is 0 Å². The molecule has 0 saturated carbocycles. The zero-order valence-corrected chi connectivity index (χ0v) is 17.0. The van der Waals surface area contributed by atoms with Crippen LogP contribution in [0.1, 0.15) is 31.7 Å². The van der Waals surface area contributed by atoms with Gasteiger partial charge in [0.2, 0.25) is 5.95 Å². The van der Waals surface area contributed by atoms with E-state index in [4.69, 9.17) is 0 Å². The summed E-state index contributed by atoms with van der Waals surface area (Å²) in [7, 11) is 0. The average Bonchev–Trinajstić information content (AvgIpc) is 2.79. The molecule has 1 fully saturated rings. The normalized spacial score (nSPS) is 13.9. The molecule has 6 heteroatoms. The van der Waals surface area contributed by atoms with Crippen LogP contribution in [0.25, 0.3) is 0 Å². The van der Waals surface area contributed by atoms with Crippen LogP contribution in [0.15, 0.2) is 60.8 Å². The van der Waals surface area contributed by atoms with Crippen molar-refractivity contribution in [1.82, 2.24) is 15.2 Å². The molecule has 0 radical (unpaired) electrons. The first-order valence-electron chi connectivity index (χ1n) is 10.4. The Kier molecular flexibility index (Phi) is 6.19. The summed E-state index contributed by atoms with van der Waals surface area (Å²) in [6.07, 6.45) is 5.58. The molecular weight excluding hydrogens is 360 g/mol. The van der Waals surface area contributed by atoms with E-state index >= 15 is 0 Å². The van der Waals surface area contributed by atoms with Crippen molar-refractivity contribution in [2.45, 2.75) is 32.7 Å². The standard InChI is InChI=1S/C23H28N6/c1-2-28(18-19-9-5-3-6-10-19)23-26-22(17-24-27-23)25-20-11-13-21(14-12-20)29-15-7-4-8-16-29/h3,5-6,9-14,17H,2,4,7-8,15-16,18H2,1H3,(H,25,26,27). The van der Waals surface area contributed by atoms with Gasteiger partial charge < -0.3 is 15.1 Å². The van der Waals surface area contributed by atoms with Crippen molar-refractivity contribution in [3.63, 3.8) is 0 Å². The summed E-state index contributed by atoms with van der Waals surface area (Å²) >= 11 is 0. The predicted molar refractivity (Wildman–Crippen MR) is 119 cm³/mol. The first kappa shape index (κ1) is 19.2. The van der Waals surface area contributed by atoms with Crippen LogP contribution >= 0.6 is 0 Å². The third kappa shape index (κ3) is 5.02. The van der Waals surface area contributed by atoms with Gasteiger partial charge in [0.15, 0.2) is 5.82 Å². The first-order chi connectivity index (χ1) is 14.3. The van der Waals surface area contributed by atoms with Gasteiger partial charge in [-0.1, -0.05) is 30.3 Å². The Hall–Kier alpha value is -3.15. The number of benzene rings is 2. The largest absolute Gasteiger partial charge is 0.372 e. The highest BCUT2D eigenvalue weighted by Gasteiger charge is 2.12. The summed E-state index contributed by atoms with van der Waals surface area (Å²) in [6.45, 7) is 5.98. The lowest BCUT2D eigenvalue weighted by molar-refractivity contribution is 0.578. The van der Waals surface area contributed by atoms with Gasteiger partial charge in [0.1, 0.15) is 0 Å². The maximum Gasteiger partial charge on any atom is 0.247 e. The van der Waals surface area contributed by atoms with Gasteiger partial charge >= 0.3 is 0 Å². The second-order valence-corrected chi connectivity index (χ2v) is 7.36. The minimum absolute atomic E-state index is 0.631. The van der Waals surface area contributed by atoms with E-state index in [0.717, 1.165) is 31.9 Å². The van der Waals surface area contributed by atoms with Gasteiger partial charge in [-0.3, -0.25) is 0 Å². The number of hydrogen-bond donors (Lipinski definition) is 1. The van der Waals surface area contributed by atoms with E-state index < -0.39 is 0 Å². The summed E-state index contributed by atoms with van der Waals surface area (Å²) in [5.74, 6) is 1.33. The van der Waals surface area contributed by atoms with Crippen LogP contribution in [-0.2, 0) is 6.54 Å². The fourth-order valence-corrected chi connectivity index (χ4v) is 3.67. The van der Waals surface area contributed by atoms with E-state index in [0.29, 0.717) is 11.8 Å². The van der Waals surface area contributed by atoms with Crippen molar-refractivity contribution in [2.75, 3.05) is 34.8 Å². The number of piperidine rings is 1. The van der Waals surface area contributed by atoms with Crippen LogP contribution in [-0.4, -0.2) is 34.8 Å². The molecule has 1 aliphatic heterocycles. The van der Waals surface area contributed by atoms with E-state index in [1.807, 2.05) is 18.2 Å². The zero-order chi connectivity index (χ0) is 19.9. The summed E-state index contributed by atoms with van der Waals surface area (Å²) in [5.41, 5.74) is 3.52. The highest BCUT2D eigenvalue weighted by atomic mass is 15.3. The Morgan fingerprint density at radius 3 is 2.45 bits per heavy atom. The van der Waals surface area contributed by atoms with Gasteiger partial charge in [-0.15, -0.1) is 5.10 Å². The van der Waals surface area contributed by atoms with Gasteiger partial charge in [-0.2, -0.15) is 10.1 Å². The quantitative estimate of drug-likeness (QED) is 0.637. The summed E-state index contributed by atoms with van der Waals surface area (Å²) in [6, 6.07) is 18.9. The smallest absolute Gasteiger partial charge is 0.247 e. The van der Waals surface area contributed by atoms with Crippen LogP contribution in [0.2, 0.25) is 0 Å². The molecule has 6 nitrogen and oxygen atoms in total. The van der Waals surface area contributed by atoms with Crippen molar-refractivity contribution < 1.29 is 0 Å². The summed E-state index contributed by atoms with van der Waals surface area (Å²) in [5, 5.41) is 11.8. The molecule has 0 spiro atoms. The molecule has 1 N–H and O–H groups in total. The molecule has 4 rings (SSSR count). The molecule has 1 aliphatic rings. The lowest BCUT2D eigenvalue weighted by Crippen LogP contribution is -2.29. The van der Waals surface area contributed by atoms with Crippen molar-refractivity contribution >= 4 is 23.1 Å². The van der Waals surface area contributed by atoms with Crippen LogP contribution in [0.5, 0.6) is 0 Å². The average molecular weight is 389 g/mol. The minimum Gasteiger partial charge on any atom is -0.372 e. The molecule has 1 saturated heterocycles. The number of nitrogens with one attached hydrogen (secondary N) is 1. The molecule has 2 heterocycles. The first-order valence-corrected chi connectivity index (χ1v) is 10.4. The van der Waals surface area contributed by atoms with Crippen molar-refractivity contribution in [3.05, 3.63) is 66.4 Å². The van der Waals surface area contributed by atoms with E-state index in [-0.39, 0.29) is 0 Å². The van der Waals surface area contributed by atoms with E-state index in [1.165, 1.54) is 30.5 Å². The minimum atomic E-state index is 0.631. The number of aromatic nitrogens is 3. The van der Waals surface area contributed by atoms with Gasteiger partial charge in [-0.05, 0) is 56.0 Å². The van der Waals surface area contributed by atoms with Crippen molar-refractivity contribution in [2.24, 2.45) is 0 Å².